The number of hydrogen-bond acceptors (Lipinski definition) is 7. The van der Waals surface area contributed by atoms with Crippen molar-refractivity contribution in [3.05, 3.63) is 71.2 Å². The van der Waals surface area contributed by atoms with E-state index in [-0.39, 0.29) is 24.0 Å². The van der Waals surface area contributed by atoms with E-state index in [1.807, 2.05) is 0 Å². The average molecular weight is 483 g/mol. The molecular formula is C24H24F3N7O. The van der Waals surface area contributed by atoms with Crippen LogP contribution < -0.4 is 10.5 Å². The van der Waals surface area contributed by atoms with E-state index in [0.717, 1.165) is 37.5 Å². The van der Waals surface area contributed by atoms with Crippen LogP contribution in [-0.4, -0.2) is 42.7 Å². The van der Waals surface area contributed by atoms with Crippen molar-refractivity contribution in [2.75, 3.05) is 18.8 Å². The van der Waals surface area contributed by atoms with Gasteiger partial charge in [0.05, 0.1) is 18.1 Å². The molecule has 1 saturated heterocycles. The summed E-state index contributed by atoms with van der Waals surface area (Å²) in [6.45, 7) is 3.57. The Balaban J connectivity index is 1.30. The van der Waals surface area contributed by atoms with Crippen molar-refractivity contribution in [1.29, 1.82) is 0 Å². The zero-order valence-electron chi connectivity index (χ0n) is 18.9. The Morgan fingerprint density at radius 3 is 2.37 bits per heavy atom. The number of nitrogens with two attached hydrogens (primary N) is 1. The highest BCUT2D eigenvalue weighted by atomic mass is 19.4. The Kier molecular flexibility index (Phi) is 6.25. The summed E-state index contributed by atoms with van der Waals surface area (Å²) < 4.78 is 46.0. The molecule has 4 heterocycles. The molecule has 0 amide bonds. The molecule has 0 bridgehead atoms. The summed E-state index contributed by atoms with van der Waals surface area (Å²) in [6, 6.07) is 10.7. The maximum atomic E-state index is 12.9. The second kappa shape index (κ2) is 9.49. The topological polar surface area (TPSA) is 95.0 Å². The second-order valence-corrected chi connectivity index (χ2v) is 8.57. The fraction of sp³-hybridized carbons (Fsp3) is 0.333. The number of ether oxygens (including phenoxy) is 1. The number of aromatic nitrogens is 5. The molecule has 11 heteroatoms. The highest BCUT2D eigenvalue weighted by Crippen LogP contribution is 2.28. The molecule has 1 fully saturated rings. The van der Waals surface area contributed by atoms with Crippen LogP contribution in [0.1, 0.15) is 35.2 Å². The van der Waals surface area contributed by atoms with Crippen LogP contribution in [0.15, 0.2) is 48.8 Å². The zero-order valence-corrected chi connectivity index (χ0v) is 18.9. The van der Waals surface area contributed by atoms with E-state index >= 15 is 0 Å². The monoisotopic (exact) mass is 483 g/mol. The number of halogens is 3. The lowest BCUT2D eigenvalue weighted by Gasteiger charge is -2.14. The molecule has 35 heavy (non-hydrogen) atoms. The zero-order chi connectivity index (χ0) is 24.4. The van der Waals surface area contributed by atoms with Crippen LogP contribution in [-0.2, 0) is 25.9 Å². The molecule has 0 saturated carbocycles. The van der Waals surface area contributed by atoms with E-state index in [1.165, 1.54) is 24.5 Å². The third-order valence-electron chi connectivity index (χ3n) is 5.95. The van der Waals surface area contributed by atoms with E-state index < -0.39 is 11.9 Å². The summed E-state index contributed by atoms with van der Waals surface area (Å²) in [6.07, 6.45) is 0.672. The number of alkyl halides is 3. The standard InChI is InChI=1S/C24H24F3N7O/c25-24(26,27)20-11-18(7-8-29-20)15-35-23-31-21(28)19-12-30-34(22(19)32-23)14-17-5-3-16(4-6-17)13-33-9-1-2-10-33/h3-8,11-12H,1-2,9-10,13-15H2,(H2,28,31,32). The molecule has 1 aliphatic heterocycles. The first-order chi connectivity index (χ1) is 16.8. The molecule has 3 aromatic heterocycles. The lowest BCUT2D eigenvalue weighted by molar-refractivity contribution is -0.141. The Morgan fingerprint density at radius 2 is 1.66 bits per heavy atom. The van der Waals surface area contributed by atoms with E-state index in [4.69, 9.17) is 10.5 Å². The summed E-state index contributed by atoms with van der Waals surface area (Å²) in [5.41, 5.74) is 8.17. The van der Waals surface area contributed by atoms with Gasteiger partial charge in [0.15, 0.2) is 5.65 Å². The van der Waals surface area contributed by atoms with Crippen molar-refractivity contribution in [3.8, 4) is 6.01 Å². The number of rotatable bonds is 7. The minimum absolute atomic E-state index is 0.0388. The molecule has 0 aliphatic carbocycles. The van der Waals surface area contributed by atoms with Gasteiger partial charge in [-0.1, -0.05) is 24.3 Å². The Bertz CT molecular complexity index is 1320. The summed E-state index contributed by atoms with van der Waals surface area (Å²) in [7, 11) is 0. The van der Waals surface area contributed by atoms with Gasteiger partial charge in [0.25, 0.3) is 0 Å². The van der Waals surface area contributed by atoms with E-state index in [2.05, 4.69) is 49.2 Å². The van der Waals surface area contributed by atoms with Gasteiger partial charge in [-0.15, -0.1) is 0 Å². The van der Waals surface area contributed by atoms with Gasteiger partial charge < -0.3 is 10.5 Å². The van der Waals surface area contributed by atoms with Gasteiger partial charge in [0.2, 0.25) is 0 Å². The van der Waals surface area contributed by atoms with Gasteiger partial charge in [0, 0.05) is 12.7 Å². The first kappa shape index (κ1) is 23.0. The van der Waals surface area contributed by atoms with Crippen molar-refractivity contribution >= 4 is 16.9 Å². The van der Waals surface area contributed by atoms with Crippen LogP contribution in [0.25, 0.3) is 11.0 Å². The van der Waals surface area contributed by atoms with Gasteiger partial charge in [-0.3, -0.25) is 9.88 Å². The predicted molar refractivity (Wildman–Crippen MR) is 123 cm³/mol. The lowest BCUT2D eigenvalue weighted by Crippen LogP contribution is -2.18. The molecular weight excluding hydrogens is 459 g/mol. The fourth-order valence-corrected chi connectivity index (χ4v) is 4.13. The maximum absolute atomic E-state index is 12.9. The molecule has 0 spiro atoms. The van der Waals surface area contributed by atoms with Crippen LogP contribution in [0.2, 0.25) is 0 Å². The molecule has 8 nitrogen and oxygen atoms in total. The smallest absolute Gasteiger partial charge is 0.433 e. The Morgan fingerprint density at radius 1 is 0.943 bits per heavy atom. The molecule has 0 atom stereocenters. The van der Waals surface area contributed by atoms with Crippen LogP contribution in [0.3, 0.4) is 0 Å². The van der Waals surface area contributed by atoms with Gasteiger partial charge in [-0.25, -0.2) is 4.68 Å². The number of fused-ring (bicyclic) bond motifs is 1. The molecule has 1 aliphatic rings. The molecule has 0 unspecified atom stereocenters. The highest BCUT2D eigenvalue weighted by Gasteiger charge is 2.32. The number of benzene rings is 1. The third-order valence-corrected chi connectivity index (χ3v) is 5.95. The first-order valence-electron chi connectivity index (χ1n) is 11.3. The minimum atomic E-state index is -4.53. The van der Waals surface area contributed by atoms with Crippen LogP contribution in [0.5, 0.6) is 6.01 Å². The van der Waals surface area contributed by atoms with Crippen LogP contribution >= 0.6 is 0 Å². The van der Waals surface area contributed by atoms with Crippen molar-refractivity contribution < 1.29 is 17.9 Å². The van der Waals surface area contributed by atoms with Gasteiger partial charge in [0.1, 0.15) is 18.1 Å². The average Bonchev–Trinajstić information content (AvgIpc) is 3.49. The normalized spacial score (nSPS) is 14.6. The number of pyridine rings is 1. The minimum Gasteiger partial charge on any atom is -0.458 e. The molecule has 2 N–H and O–H groups in total. The highest BCUT2D eigenvalue weighted by molar-refractivity contribution is 5.85. The van der Waals surface area contributed by atoms with E-state index in [9.17, 15) is 13.2 Å². The maximum Gasteiger partial charge on any atom is 0.433 e. The molecule has 5 rings (SSSR count). The van der Waals surface area contributed by atoms with E-state index in [1.54, 1.807) is 10.9 Å². The van der Waals surface area contributed by atoms with Crippen molar-refractivity contribution in [3.63, 3.8) is 0 Å². The number of likely N-dealkylation sites (tertiary alicyclic amines) is 1. The van der Waals surface area contributed by atoms with Crippen molar-refractivity contribution in [1.82, 2.24) is 29.6 Å². The molecule has 0 radical (unpaired) electrons. The molecule has 182 valence electrons. The second-order valence-electron chi connectivity index (χ2n) is 8.57. The summed E-state index contributed by atoms with van der Waals surface area (Å²) >= 11 is 0. The molecule has 4 aromatic rings. The van der Waals surface area contributed by atoms with Crippen LogP contribution in [0.4, 0.5) is 19.0 Å². The van der Waals surface area contributed by atoms with Gasteiger partial charge in [-0.2, -0.15) is 28.2 Å². The Hall–Kier alpha value is -3.73. The van der Waals surface area contributed by atoms with Gasteiger partial charge >= 0.3 is 12.2 Å². The Labute approximate surface area is 199 Å². The fourth-order valence-electron chi connectivity index (χ4n) is 4.13. The molecule has 1 aromatic carbocycles. The number of anilines is 1. The van der Waals surface area contributed by atoms with Crippen LogP contribution in [0, 0.1) is 0 Å². The first-order valence-corrected chi connectivity index (χ1v) is 11.3. The SMILES string of the molecule is Nc1nc(OCc2ccnc(C(F)(F)F)c2)nc2c1cnn2Cc1ccc(CN2CCCC2)cc1. The third kappa shape index (κ3) is 5.35. The lowest BCUT2D eigenvalue weighted by atomic mass is 10.1. The van der Waals surface area contributed by atoms with E-state index in [0.29, 0.717) is 17.6 Å². The largest absolute Gasteiger partial charge is 0.458 e. The number of nitrogens with zero attached hydrogens (tertiary/aromatic N) is 6. The van der Waals surface area contributed by atoms with Crippen molar-refractivity contribution in [2.24, 2.45) is 0 Å². The summed E-state index contributed by atoms with van der Waals surface area (Å²) in [5, 5.41) is 4.97. The summed E-state index contributed by atoms with van der Waals surface area (Å²) in [4.78, 5) is 14.3. The quantitative estimate of drug-likeness (QED) is 0.424. The predicted octanol–water partition coefficient (Wildman–Crippen LogP) is 4.05. The number of nitrogen functional groups attached to an aromatic ring is 1. The number of hydrogen-bond donors (Lipinski definition) is 1. The van der Waals surface area contributed by atoms with Crippen molar-refractivity contribution in [2.45, 2.75) is 38.7 Å². The summed E-state index contributed by atoms with van der Waals surface area (Å²) in [5.74, 6) is 0.183. The van der Waals surface area contributed by atoms with Gasteiger partial charge in [-0.05, 0) is 54.8 Å².